The van der Waals surface area contributed by atoms with Gasteiger partial charge in [0.15, 0.2) is 11.0 Å². The highest BCUT2D eigenvalue weighted by Gasteiger charge is 2.18. The molecule has 1 saturated heterocycles. The molecule has 30 heavy (non-hydrogen) atoms. The molecule has 2 heterocycles. The van der Waals surface area contributed by atoms with Gasteiger partial charge in [-0.25, -0.2) is 4.21 Å². The Kier molecular flexibility index (Phi) is 9.69. The molecule has 5 nitrogen and oxygen atoms in total. The first-order chi connectivity index (χ1) is 14.7. The van der Waals surface area contributed by atoms with E-state index in [4.69, 9.17) is 16.3 Å². The summed E-state index contributed by atoms with van der Waals surface area (Å²) in [5.41, 5.74) is 1.84. The van der Waals surface area contributed by atoms with Gasteiger partial charge in [-0.2, -0.15) is 0 Å². The predicted octanol–water partition coefficient (Wildman–Crippen LogP) is 5.34. The number of ether oxygens (including phenoxy) is 1. The predicted molar refractivity (Wildman–Crippen MR) is 130 cm³/mol. The molecular weight excluding hydrogens is 418 g/mol. The molecular formula is C23H32ClN3O2S. The van der Waals surface area contributed by atoms with E-state index in [1.807, 2.05) is 76.4 Å². The standard InChI is InChI=1S/C19H20ClN3O2S.2C2H6/c1-25-19-5-4-16(13-18(19)22-10-7-21-8-11-22)26(24)23-9-6-14-2-3-15(20)12-17(14)23;2*1-2/h2-6,9,12-13,21H,7-8,10-11H2,1H3;2*1-2H3. The summed E-state index contributed by atoms with van der Waals surface area (Å²) in [7, 11) is 0.302. The van der Waals surface area contributed by atoms with Crippen LogP contribution >= 0.6 is 11.6 Å². The Bertz CT molecular complexity index is 968. The van der Waals surface area contributed by atoms with Gasteiger partial charge >= 0.3 is 0 Å². The summed E-state index contributed by atoms with van der Waals surface area (Å²) in [5, 5.41) is 4.99. The zero-order chi connectivity index (χ0) is 22.1. The molecule has 1 atom stereocenters. The van der Waals surface area contributed by atoms with E-state index in [0.717, 1.165) is 53.4 Å². The minimum absolute atomic E-state index is 0.630. The molecule has 1 aliphatic heterocycles. The lowest BCUT2D eigenvalue weighted by Crippen LogP contribution is -2.43. The maximum absolute atomic E-state index is 13.2. The number of nitrogens with one attached hydrogen (secondary N) is 1. The second-order valence-electron chi connectivity index (χ2n) is 6.16. The van der Waals surface area contributed by atoms with E-state index in [1.165, 1.54) is 0 Å². The van der Waals surface area contributed by atoms with Crippen molar-refractivity contribution < 1.29 is 8.95 Å². The normalized spacial score (nSPS) is 14.3. The zero-order valence-corrected chi connectivity index (χ0v) is 20.0. The summed E-state index contributed by atoms with van der Waals surface area (Å²) < 4.78 is 20.5. The van der Waals surface area contributed by atoms with E-state index < -0.39 is 11.0 Å². The number of hydrogen-bond donors (Lipinski definition) is 1. The Hall–Kier alpha value is -2.02. The van der Waals surface area contributed by atoms with E-state index >= 15 is 0 Å². The van der Waals surface area contributed by atoms with Gasteiger partial charge in [-0.3, -0.25) is 3.97 Å². The monoisotopic (exact) mass is 449 g/mol. The van der Waals surface area contributed by atoms with Gasteiger partial charge in [0, 0.05) is 42.8 Å². The molecule has 0 aliphatic carbocycles. The van der Waals surface area contributed by atoms with Crippen LogP contribution in [0.1, 0.15) is 27.7 Å². The molecule has 164 valence electrons. The van der Waals surface area contributed by atoms with Gasteiger partial charge in [0.1, 0.15) is 5.75 Å². The van der Waals surface area contributed by atoms with Crippen LogP contribution < -0.4 is 15.0 Å². The van der Waals surface area contributed by atoms with Gasteiger partial charge in [0.2, 0.25) is 0 Å². The van der Waals surface area contributed by atoms with E-state index in [1.54, 1.807) is 11.1 Å². The third kappa shape index (κ3) is 5.36. The van der Waals surface area contributed by atoms with Crippen molar-refractivity contribution >= 4 is 39.2 Å². The molecule has 0 amide bonds. The van der Waals surface area contributed by atoms with Crippen LogP contribution in [0.4, 0.5) is 5.69 Å². The Morgan fingerprint density at radius 1 is 1.00 bits per heavy atom. The van der Waals surface area contributed by atoms with Crippen LogP contribution in [0.2, 0.25) is 5.02 Å². The molecule has 0 radical (unpaired) electrons. The topological polar surface area (TPSA) is 46.5 Å². The molecule has 0 bridgehead atoms. The van der Waals surface area contributed by atoms with Crippen LogP contribution in [0, 0.1) is 0 Å². The van der Waals surface area contributed by atoms with E-state index in [0.29, 0.717) is 5.02 Å². The zero-order valence-electron chi connectivity index (χ0n) is 18.4. The maximum Gasteiger partial charge on any atom is 0.157 e. The SMILES string of the molecule is CC.CC.COc1ccc(S(=O)n2ccc3ccc(Cl)cc32)cc1N1CCNCC1. The number of halogens is 1. The highest BCUT2D eigenvalue weighted by Crippen LogP contribution is 2.32. The molecule has 2 aromatic carbocycles. The number of methoxy groups -OCH3 is 1. The first kappa shape index (κ1) is 24.3. The molecule has 0 spiro atoms. The molecule has 0 saturated carbocycles. The first-order valence-corrected chi connectivity index (χ1v) is 12.0. The van der Waals surface area contributed by atoms with Crippen molar-refractivity contribution in [1.82, 2.24) is 9.29 Å². The number of fused-ring (bicyclic) bond motifs is 1. The fourth-order valence-electron chi connectivity index (χ4n) is 3.27. The van der Waals surface area contributed by atoms with Crippen LogP contribution in [0.5, 0.6) is 5.75 Å². The molecule has 7 heteroatoms. The minimum Gasteiger partial charge on any atom is -0.495 e. The average Bonchev–Trinajstić information content (AvgIpc) is 3.24. The molecule has 1 aliphatic rings. The van der Waals surface area contributed by atoms with Gasteiger partial charge in [-0.1, -0.05) is 45.4 Å². The van der Waals surface area contributed by atoms with Crippen molar-refractivity contribution in [3.63, 3.8) is 0 Å². The fourth-order valence-corrected chi connectivity index (χ4v) is 4.56. The Balaban J connectivity index is 0.000000757. The number of nitrogens with zero attached hydrogens (tertiary/aromatic N) is 2. The van der Waals surface area contributed by atoms with Crippen molar-refractivity contribution in [2.24, 2.45) is 0 Å². The van der Waals surface area contributed by atoms with E-state index in [2.05, 4.69) is 10.2 Å². The quantitative estimate of drug-likeness (QED) is 0.584. The summed E-state index contributed by atoms with van der Waals surface area (Å²) in [4.78, 5) is 3.00. The van der Waals surface area contributed by atoms with Crippen LogP contribution in [-0.2, 0) is 11.0 Å². The lowest BCUT2D eigenvalue weighted by molar-refractivity contribution is 0.412. The summed E-state index contributed by atoms with van der Waals surface area (Å²) in [6.07, 6.45) is 1.84. The summed E-state index contributed by atoms with van der Waals surface area (Å²) >= 11 is 6.12. The smallest absolute Gasteiger partial charge is 0.157 e. The lowest BCUT2D eigenvalue weighted by Gasteiger charge is -2.30. The minimum atomic E-state index is -1.36. The number of hydrogen-bond acceptors (Lipinski definition) is 4. The first-order valence-electron chi connectivity index (χ1n) is 10.5. The van der Waals surface area contributed by atoms with Gasteiger partial charge in [-0.05, 0) is 36.4 Å². The van der Waals surface area contributed by atoms with Gasteiger partial charge < -0.3 is 15.0 Å². The Labute approximate surface area is 187 Å². The maximum atomic E-state index is 13.2. The second kappa shape index (κ2) is 12.0. The molecule has 1 unspecified atom stereocenters. The van der Waals surface area contributed by atoms with Crippen molar-refractivity contribution in [2.75, 3.05) is 38.2 Å². The average molecular weight is 450 g/mol. The molecule has 1 aromatic heterocycles. The van der Waals surface area contributed by atoms with Crippen molar-refractivity contribution in [1.29, 1.82) is 0 Å². The van der Waals surface area contributed by atoms with Crippen LogP contribution in [-0.4, -0.2) is 41.5 Å². The number of benzene rings is 2. The van der Waals surface area contributed by atoms with Crippen molar-refractivity contribution in [3.05, 3.63) is 53.7 Å². The number of rotatable bonds is 4. The number of piperazine rings is 1. The van der Waals surface area contributed by atoms with Gasteiger partial charge in [-0.15, -0.1) is 0 Å². The van der Waals surface area contributed by atoms with E-state index in [9.17, 15) is 4.21 Å². The largest absolute Gasteiger partial charge is 0.495 e. The van der Waals surface area contributed by atoms with Crippen LogP contribution in [0.25, 0.3) is 10.9 Å². The summed E-state index contributed by atoms with van der Waals surface area (Å²) in [6, 6.07) is 13.3. The number of anilines is 1. The summed E-state index contributed by atoms with van der Waals surface area (Å²) in [6.45, 7) is 11.7. The Morgan fingerprint density at radius 3 is 2.37 bits per heavy atom. The number of aromatic nitrogens is 1. The molecule has 4 rings (SSSR count). The third-order valence-corrected chi connectivity index (χ3v) is 6.18. The third-order valence-electron chi connectivity index (χ3n) is 4.61. The van der Waals surface area contributed by atoms with Crippen LogP contribution in [0.15, 0.2) is 53.6 Å². The van der Waals surface area contributed by atoms with Crippen LogP contribution in [0.3, 0.4) is 0 Å². The molecule has 3 aromatic rings. The highest BCUT2D eigenvalue weighted by molar-refractivity contribution is 7.83. The summed E-state index contributed by atoms with van der Waals surface area (Å²) in [5.74, 6) is 0.799. The highest BCUT2D eigenvalue weighted by atomic mass is 35.5. The van der Waals surface area contributed by atoms with Crippen molar-refractivity contribution in [2.45, 2.75) is 32.6 Å². The van der Waals surface area contributed by atoms with Gasteiger partial charge in [0.05, 0.1) is 23.2 Å². The van der Waals surface area contributed by atoms with Gasteiger partial charge in [0.25, 0.3) is 0 Å². The van der Waals surface area contributed by atoms with E-state index in [-0.39, 0.29) is 0 Å². The molecule has 1 fully saturated rings. The van der Waals surface area contributed by atoms with Crippen molar-refractivity contribution in [3.8, 4) is 5.75 Å². The fraction of sp³-hybridized carbons (Fsp3) is 0.391. The Morgan fingerprint density at radius 2 is 1.70 bits per heavy atom. The lowest BCUT2D eigenvalue weighted by atomic mass is 10.2. The molecule has 1 N–H and O–H groups in total. The second-order valence-corrected chi connectivity index (χ2v) is 7.96.